The molecule has 0 radical (unpaired) electrons. The largest absolute Gasteiger partial charge is 0.398 e. The second-order valence-corrected chi connectivity index (χ2v) is 2.72. The van der Waals surface area contributed by atoms with E-state index >= 15 is 0 Å². The van der Waals surface area contributed by atoms with Gasteiger partial charge in [0.05, 0.1) is 23.7 Å². The van der Waals surface area contributed by atoms with Crippen LogP contribution in [0.2, 0.25) is 0 Å². The van der Waals surface area contributed by atoms with Crippen molar-refractivity contribution in [1.29, 1.82) is 10.5 Å². The van der Waals surface area contributed by atoms with Crippen LogP contribution in [0, 0.1) is 22.7 Å². The van der Waals surface area contributed by atoms with Crippen LogP contribution in [0.3, 0.4) is 0 Å². The maximum atomic E-state index is 8.63. The van der Waals surface area contributed by atoms with E-state index in [2.05, 4.69) is 0 Å². The lowest BCUT2D eigenvalue weighted by molar-refractivity contribution is 1.36. The maximum absolute atomic E-state index is 8.63. The lowest BCUT2D eigenvalue weighted by Gasteiger charge is -1.98. The highest BCUT2D eigenvalue weighted by atomic mass is 14.6. The SMILES string of the molecule is N#CCC=Cc1ccc(C#N)c(N)c1. The van der Waals surface area contributed by atoms with Gasteiger partial charge < -0.3 is 5.73 Å². The Kier molecular flexibility index (Phi) is 3.29. The van der Waals surface area contributed by atoms with E-state index in [-0.39, 0.29) is 0 Å². The van der Waals surface area contributed by atoms with Crippen molar-refractivity contribution in [1.82, 2.24) is 0 Å². The number of nitrogen functional groups attached to an aromatic ring is 1. The molecule has 2 N–H and O–H groups in total. The molecule has 0 aromatic heterocycles. The first kappa shape index (κ1) is 9.83. The van der Waals surface area contributed by atoms with Gasteiger partial charge >= 0.3 is 0 Å². The number of allylic oxidation sites excluding steroid dienone is 1. The zero-order valence-electron chi connectivity index (χ0n) is 7.57. The van der Waals surface area contributed by atoms with Gasteiger partial charge in [-0.25, -0.2) is 0 Å². The first-order valence-corrected chi connectivity index (χ1v) is 4.11. The maximum Gasteiger partial charge on any atom is 0.101 e. The monoisotopic (exact) mass is 183 g/mol. The molecule has 3 nitrogen and oxygen atoms in total. The summed E-state index contributed by atoms with van der Waals surface area (Å²) in [5, 5.41) is 16.9. The Balaban J connectivity index is 2.89. The molecule has 0 bridgehead atoms. The molecule has 1 rings (SSSR count). The van der Waals surface area contributed by atoms with E-state index in [1.807, 2.05) is 12.1 Å². The van der Waals surface area contributed by atoms with Crippen LogP contribution in [-0.2, 0) is 0 Å². The molecular formula is C11H9N3. The minimum atomic E-state index is 0.375. The smallest absolute Gasteiger partial charge is 0.101 e. The highest BCUT2D eigenvalue weighted by molar-refractivity contribution is 5.62. The fourth-order valence-electron chi connectivity index (χ4n) is 1.03. The van der Waals surface area contributed by atoms with E-state index in [0.717, 1.165) is 5.56 Å². The van der Waals surface area contributed by atoms with Crippen molar-refractivity contribution in [2.24, 2.45) is 0 Å². The number of rotatable bonds is 2. The van der Waals surface area contributed by atoms with Crippen LogP contribution >= 0.6 is 0 Å². The zero-order valence-corrected chi connectivity index (χ0v) is 7.57. The third-order valence-corrected chi connectivity index (χ3v) is 1.72. The van der Waals surface area contributed by atoms with E-state index in [1.54, 1.807) is 30.4 Å². The van der Waals surface area contributed by atoms with Crippen LogP contribution in [0.15, 0.2) is 24.3 Å². The number of hydrogen-bond acceptors (Lipinski definition) is 3. The average Bonchev–Trinajstić information content (AvgIpc) is 2.18. The summed E-state index contributed by atoms with van der Waals surface area (Å²) in [5.41, 5.74) is 7.45. The number of nitriles is 2. The second-order valence-electron chi connectivity index (χ2n) is 2.72. The number of anilines is 1. The standard InChI is InChI=1S/C11H9N3/c12-6-2-1-3-9-4-5-10(8-13)11(14)7-9/h1,3-5,7H,2,14H2. The lowest BCUT2D eigenvalue weighted by Crippen LogP contribution is -1.90. The van der Waals surface area contributed by atoms with Crippen LogP contribution in [-0.4, -0.2) is 0 Å². The van der Waals surface area contributed by atoms with Crippen molar-refractivity contribution < 1.29 is 0 Å². The van der Waals surface area contributed by atoms with Gasteiger partial charge in [-0.1, -0.05) is 18.2 Å². The molecule has 0 saturated heterocycles. The Bertz CT molecular complexity index is 433. The summed E-state index contributed by atoms with van der Waals surface area (Å²) in [7, 11) is 0. The van der Waals surface area contributed by atoms with Gasteiger partial charge in [0.1, 0.15) is 6.07 Å². The van der Waals surface area contributed by atoms with Crippen molar-refractivity contribution in [2.75, 3.05) is 5.73 Å². The predicted molar refractivity (Wildman–Crippen MR) is 54.8 cm³/mol. The molecule has 0 aliphatic heterocycles. The van der Waals surface area contributed by atoms with E-state index in [4.69, 9.17) is 16.3 Å². The van der Waals surface area contributed by atoms with Crippen LogP contribution in [0.25, 0.3) is 6.08 Å². The molecule has 0 saturated carbocycles. The van der Waals surface area contributed by atoms with Crippen molar-refractivity contribution in [2.45, 2.75) is 6.42 Å². The Morgan fingerprint density at radius 3 is 2.71 bits per heavy atom. The fraction of sp³-hybridized carbons (Fsp3) is 0.0909. The molecule has 0 atom stereocenters. The third-order valence-electron chi connectivity index (χ3n) is 1.72. The van der Waals surface area contributed by atoms with Crippen LogP contribution in [0.4, 0.5) is 5.69 Å². The molecule has 0 aliphatic rings. The molecule has 3 heteroatoms. The van der Waals surface area contributed by atoms with Gasteiger partial charge in [-0.2, -0.15) is 10.5 Å². The third kappa shape index (κ3) is 2.36. The molecular weight excluding hydrogens is 174 g/mol. The Morgan fingerprint density at radius 1 is 1.36 bits per heavy atom. The van der Waals surface area contributed by atoms with Gasteiger partial charge in [-0.15, -0.1) is 0 Å². The van der Waals surface area contributed by atoms with E-state index < -0.39 is 0 Å². The van der Waals surface area contributed by atoms with Crippen molar-refractivity contribution >= 4 is 11.8 Å². The van der Waals surface area contributed by atoms with E-state index in [0.29, 0.717) is 17.7 Å². The molecule has 1 aromatic rings. The minimum absolute atomic E-state index is 0.375. The van der Waals surface area contributed by atoms with Gasteiger partial charge in [0.15, 0.2) is 0 Å². The highest BCUT2D eigenvalue weighted by Gasteiger charge is 1.96. The molecule has 0 spiro atoms. The summed E-state index contributed by atoms with van der Waals surface area (Å²) >= 11 is 0. The van der Waals surface area contributed by atoms with E-state index in [9.17, 15) is 0 Å². The second kappa shape index (κ2) is 4.69. The lowest BCUT2D eigenvalue weighted by atomic mass is 10.1. The normalized spacial score (nSPS) is 9.57. The summed E-state index contributed by atoms with van der Waals surface area (Å²) in [4.78, 5) is 0. The molecule has 68 valence electrons. The zero-order chi connectivity index (χ0) is 10.4. The van der Waals surface area contributed by atoms with E-state index in [1.165, 1.54) is 0 Å². The van der Waals surface area contributed by atoms with Crippen molar-refractivity contribution in [3.8, 4) is 12.1 Å². The molecule has 0 aliphatic carbocycles. The summed E-state index contributed by atoms with van der Waals surface area (Å²) in [5.74, 6) is 0. The molecule has 0 heterocycles. The van der Waals surface area contributed by atoms with Gasteiger partial charge in [-0.3, -0.25) is 0 Å². The number of nitrogens with zero attached hydrogens (tertiary/aromatic N) is 2. The molecule has 0 amide bonds. The Hall–Kier alpha value is -2.26. The number of benzene rings is 1. The van der Waals surface area contributed by atoms with Crippen LogP contribution in [0.5, 0.6) is 0 Å². The highest BCUT2D eigenvalue weighted by Crippen LogP contribution is 2.14. The van der Waals surface area contributed by atoms with Gasteiger partial charge in [-0.05, 0) is 17.7 Å². The molecule has 0 fully saturated rings. The van der Waals surface area contributed by atoms with Crippen LogP contribution < -0.4 is 5.73 Å². The number of nitrogens with two attached hydrogens (primary N) is 1. The quantitative estimate of drug-likeness (QED) is 0.713. The topological polar surface area (TPSA) is 73.6 Å². The van der Waals surface area contributed by atoms with Crippen LogP contribution in [0.1, 0.15) is 17.5 Å². The van der Waals surface area contributed by atoms with Gasteiger partial charge in [0.25, 0.3) is 0 Å². The summed E-state index contributed by atoms with van der Waals surface area (Å²) in [6, 6.07) is 9.17. The first-order chi connectivity index (χ1) is 6.77. The summed E-state index contributed by atoms with van der Waals surface area (Å²) in [6.45, 7) is 0. The summed E-state index contributed by atoms with van der Waals surface area (Å²) in [6.07, 6.45) is 3.93. The van der Waals surface area contributed by atoms with Crippen molar-refractivity contribution in [3.05, 3.63) is 35.4 Å². The fourth-order valence-corrected chi connectivity index (χ4v) is 1.03. The molecule has 0 unspecified atom stereocenters. The Labute approximate surface area is 82.7 Å². The number of hydrogen-bond donors (Lipinski definition) is 1. The Morgan fingerprint density at radius 2 is 2.14 bits per heavy atom. The van der Waals surface area contributed by atoms with Gasteiger partial charge in [0.2, 0.25) is 0 Å². The van der Waals surface area contributed by atoms with Gasteiger partial charge in [0, 0.05) is 0 Å². The molecule has 14 heavy (non-hydrogen) atoms. The molecule has 1 aromatic carbocycles. The summed E-state index contributed by atoms with van der Waals surface area (Å²) < 4.78 is 0. The van der Waals surface area contributed by atoms with Crippen molar-refractivity contribution in [3.63, 3.8) is 0 Å². The minimum Gasteiger partial charge on any atom is -0.398 e. The average molecular weight is 183 g/mol. The first-order valence-electron chi connectivity index (χ1n) is 4.11. The predicted octanol–water partition coefficient (Wildman–Crippen LogP) is 2.07.